The van der Waals surface area contributed by atoms with Gasteiger partial charge in [-0.25, -0.2) is 9.67 Å². The summed E-state index contributed by atoms with van der Waals surface area (Å²) in [6.45, 7) is 1.88. The van der Waals surface area contributed by atoms with Gasteiger partial charge in [0.25, 0.3) is 5.91 Å². The summed E-state index contributed by atoms with van der Waals surface area (Å²) in [5.41, 5.74) is 0.891. The number of rotatable bonds is 2. The predicted octanol–water partition coefficient (Wildman–Crippen LogP) is 0.663. The summed E-state index contributed by atoms with van der Waals surface area (Å²) in [5.74, 6) is 1.32. The Labute approximate surface area is 113 Å². The van der Waals surface area contributed by atoms with Gasteiger partial charge in [0.05, 0.1) is 18.8 Å². The summed E-state index contributed by atoms with van der Waals surface area (Å²) in [6, 6.07) is 0. The highest BCUT2D eigenvalue weighted by Crippen LogP contribution is 2.41. The van der Waals surface area contributed by atoms with E-state index in [1.165, 1.54) is 17.9 Å². The molecule has 0 bridgehead atoms. The van der Waals surface area contributed by atoms with Gasteiger partial charge in [0.2, 0.25) is 0 Å². The maximum absolute atomic E-state index is 12.5. The van der Waals surface area contributed by atoms with Crippen molar-refractivity contribution in [3.63, 3.8) is 0 Å². The second-order valence-electron chi connectivity index (χ2n) is 4.89. The van der Waals surface area contributed by atoms with Gasteiger partial charge in [-0.2, -0.15) is 5.10 Å². The van der Waals surface area contributed by atoms with Crippen molar-refractivity contribution in [1.29, 1.82) is 0 Å². The normalized spacial score (nSPS) is 18.4. The van der Waals surface area contributed by atoms with Gasteiger partial charge in [-0.05, 0) is 24.4 Å². The average molecular weight is 276 g/mol. The molecule has 8 heteroatoms. The zero-order valence-corrected chi connectivity index (χ0v) is 11.0. The van der Waals surface area contributed by atoms with E-state index >= 15 is 0 Å². The number of hydrogen-bond donors (Lipinski definition) is 0. The fourth-order valence-corrected chi connectivity index (χ4v) is 3.07. The third kappa shape index (κ3) is 1.83. The van der Waals surface area contributed by atoms with Gasteiger partial charge >= 0.3 is 0 Å². The number of carbonyl (C=O) groups excluding carboxylic acids is 1. The fraction of sp³-hybridized carbons (Fsp3) is 0.545. The lowest BCUT2D eigenvalue weighted by Crippen LogP contribution is -2.38. The van der Waals surface area contributed by atoms with Gasteiger partial charge in [-0.1, -0.05) is 4.49 Å². The average Bonchev–Trinajstić information content (AvgIpc) is 3.00. The van der Waals surface area contributed by atoms with Crippen LogP contribution in [-0.4, -0.2) is 41.7 Å². The summed E-state index contributed by atoms with van der Waals surface area (Å²) in [7, 11) is 0. The Morgan fingerprint density at radius 2 is 2.26 bits per heavy atom. The summed E-state index contributed by atoms with van der Waals surface area (Å²) < 4.78 is 5.79. The predicted molar refractivity (Wildman–Crippen MR) is 66.6 cm³/mol. The van der Waals surface area contributed by atoms with Crippen molar-refractivity contribution in [2.24, 2.45) is 0 Å². The molecule has 3 heterocycles. The number of hydrogen-bond acceptors (Lipinski definition) is 6. The quantitative estimate of drug-likeness (QED) is 0.805. The van der Waals surface area contributed by atoms with Gasteiger partial charge in [-0.15, -0.1) is 5.10 Å². The van der Waals surface area contributed by atoms with Crippen molar-refractivity contribution in [3.8, 4) is 0 Å². The molecule has 2 aromatic heterocycles. The molecule has 4 rings (SSSR count). The van der Waals surface area contributed by atoms with Crippen molar-refractivity contribution in [2.45, 2.75) is 31.8 Å². The highest BCUT2D eigenvalue weighted by Gasteiger charge is 2.34. The molecule has 0 radical (unpaired) electrons. The first-order chi connectivity index (χ1) is 9.33. The van der Waals surface area contributed by atoms with Crippen LogP contribution in [0.5, 0.6) is 0 Å². The van der Waals surface area contributed by atoms with Crippen LogP contribution in [0.3, 0.4) is 0 Å². The van der Waals surface area contributed by atoms with Gasteiger partial charge in [-0.3, -0.25) is 4.79 Å². The van der Waals surface area contributed by atoms with Crippen LogP contribution < -0.4 is 0 Å². The molecule has 19 heavy (non-hydrogen) atoms. The first kappa shape index (κ1) is 11.0. The van der Waals surface area contributed by atoms with Crippen molar-refractivity contribution >= 4 is 17.4 Å². The smallest absolute Gasteiger partial charge is 0.268 e. The summed E-state index contributed by atoms with van der Waals surface area (Å²) in [6.07, 6.45) is 3.78. The lowest BCUT2D eigenvalue weighted by Gasteiger charge is -2.26. The SMILES string of the molecule is O=C(c1snnc1C1CC1)N1CCn2ncnc2C1. The van der Waals surface area contributed by atoms with E-state index in [0.717, 1.165) is 24.4 Å². The minimum Gasteiger partial charge on any atom is -0.328 e. The second-order valence-corrected chi connectivity index (χ2v) is 5.64. The van der Waals surface area contributed by atoms with E-state index in [9.17, 15) is 4.79 Å². The standard InChI is InChI=1S/C11H12N6OS/c18-11(10-9(7-1-2-7)14-15-19-10)16-3-4-17-8(5-16)12-6-13-17/h6-7H,1-5H2. The maximum Gasteiger partial charge on any atom is 0.268 e. The van der Waals surface area contributed by atoms with Crippen LogP contribution in [0.1, 0.15) is 39.9 Å². The number of aromatic nitrogens is 5. The Balaban J connectivity index is 1.59. The molecule has 98 valence electrons. The molecular formula is C11H12N6OS. The maximum atomic E-state index is 12.5. The monoisotopic (exact) mass is 276 g/mol. The van der Waals surface area contributed by atoms with Gasteiger partial charge in [0.15, 0.2) is 0 Å². The Bertz CT molecular complexity index is 631. The van der Waals surface area contributed by atoms with E-state index in [1.807, 2.05) is 9.58 Å². The van der Waals surface area contributed by atoms with E-state index in [-0.39, 0.29) is 5.91 Å². The Morgan fingerprint density at radius 1 is 1.37 bits per heavy atom. The lowest BCUT2D eigenvalue weighted by molar-refractivity contribution is 0.0706. The Kier molecular flexibility index (Phi) is 2.37. The minimum absolute atomic E-state index is 0.0335. The van der Waals surface area contributed by atoms with E-state index in [1.54, 1.807) is 0 Å². The zero-order chi connectivity index (χ0) is 12.8. The molecule has 1 amide bonds. The molecule has 0 saturated heterocycles. The fourth-order valence-electron chi connectivity index (χ4n) is 2.35. The number of carbonyl (C=O) groups is 1. The molecule has 0 unspecified atom stereocenters. The van der Waals surface area contributed by atoms with Gasteiger partial charge in [0, 0.05) is 12.5 Å². The largest absolute Gasteiger partial charge is 0.328 e. The zero-order valence-electron chi connectivity index (χ0n) is 10.2. The molecule has 0 atom stereocenters. The molecule has 7 nitrogen and oxygen atoms in total. The van der Waals surface area contributed by atoms with Crippen molar-refractivity contribution in [2.75, 3.05) is 6.54 Å². The van der Waals surface area contributed by atoms with Gasteiger partial charge in [0.1, 0.15) is 17.0 Å². The summed E-state index contributed by atoms with van der Waals surface area (Å²) >= 11 is 1.21. The van der Waals surface area contributed by atoms with Crippen LogP contribution in [0.25, 0.3) is 0 Å². The Morgan fingerprint density at radius 3 is 3.11 bits per heavy atom. The van der Waals surface area contributed by atoms with E-state index in [2.05, 4.69) is 19.7 Å². The first-order valence-corrected chi connectivity index (χ1v) is 7.08. The molecule has 1 saturated carbocycles. The van der Waals surface area contributed by atoms with E-state index in [4.69, 9.17) is 0 Å². The molecule has 2 aromatic rings. The van der Waals surface area contributed by atoms with Crippen LogP contribution in [0.2, 0.25) is 0 Å². The van der Waals surface area contributed by atoms with Crippen LogP contribution in [-0.2, 0) is 13.1 Å². The third-order valence-electron chi connectivity index (χ3n) is 3.57. The number of nitrogens with zero attached hydrogens (tertiary/aromatic N) is 6. The minimum atomic E-state index is 0.0335. The van der Waals surface area contributed by atoms with Crippen molar-refractivity contribution in [3.05, 3.63) is 22.7 Å². The van der Waals surface area contributed by atoms with E-state index < -0.39 is 0 Å². The van der Waals surface area contributed by atoms with Crippen LogP contribution in [0.15, 0.2) is 6.33 Å². The van der Waals surface area contributed by atoms with Crippen molar-refractivity contribution in [1.82, 2.24) is 29.3 Å². The van der Waals surface area contributed by atoms with Crippen LogP contribution >= 0.6 is 11.5 Å². The second kappa shape index (κ2) is 4.09. The van der Waals surface area contributed by atoms with E-state index in [0.29, 0.717) is 30.4 Å². The number of amides is 1. The molecule has 1 fully saturated rings. The van der Waals surface area contributed by atoms with Gasteiger partial charge < -0.3 is 4.90 Å². The third-order valence-corrected chi connectivity index (χ3v) is 4.30. The summed E-state index contributed by atoms with van der Waals surface area (Å²) in [4.78, 5) is 19.2. The highest BCUT2D eigenvalue weighted by molar-refractivity contribution is 7.08. The lowest BCUT2D eigenvalue weighted by atomic mass is 10.2. The molecule has 0 N–H and O–H groups in total. The Hall–Kier alpha value is -1.83. The summed E-state index contributed by atoms with van der Waals surface area (Å²) in [5, 5.41) is 8.23. The van der Waals surface area contributed by atoms with Crippen LogP contribution in [0, 0.1) is 0 Å². The topological polar surface area (TPSA) is 76.8 Å². The molecule has 1 aliphatic carbocycles. The first-order valence-electron chi connectivity index (χ1n) is 6.31. The molecule has 0 spiro atoms. The highest BCUT2D eigenvalue weighted by atomic mass is 32.1. The van der Waals surface area contributed by atoms with Crippen LogP contribution in [0.4, 0.5) is 0 Å². The molecule has 0 aromatic carbocycles. The molecular weight excluding hydrogens is 264 g/mol. The number of fused-ring (bicyclic) bond motifs is 1. The van der Waals surface area contributed by atoms with Crippen molar-refractivity contribution < 1.29 is 4.79 Å². The molecule has 1 aliphatic heterocycles. The molecule has 2 aliphatic rings.